The number of thiazole rings is 1. The highest BCUT2D eigenvalue weighted by Gasteiger charge is 2.39. The predicted octanol–water partition coefficient (Wildman–Crippen LogP) is 3.66. The van der Waals surface area contributed by atoms with E-state index in [-0.39, 0.29) is 23.3 Å². The Labute approximate surface area is 182 Å². The first kappa shape index (κ1) is 22.4. The van der Waals surface area contributed by atoms with Crippen molar-refractivity contribution >= 4 is 23.2 Å². The SMILES string of the molecule is Cc1ncsc1-c1ccc(C(C)NC(=O)C2CCCN2C(=O)[C@@H](N)C(C)(C)C)cc1. The van der Waals surface area contributed by atoms with E-state index in [9.17, 15) is 9.59 Å². The maximum Gasteiger partial charge on any atom is 0.243 e. The lowest BCUT2D eigenvalue weighted by Gasteiger charge is -2.33. The Morgan fingerprint density at radius 2 is 1.93 bits per heavy atom. The van der Waals surface area contributed by atoms with Crippen LogP contribution in [0.5, 0.6) is 0 Å². The first-order chi connectivity index (χ1) is 14.1. The third-order valence-electron chi connectivity index (χ3n) is 5.81. The molecule has 2 heterocycles. The van der Waals surface area contributed by atoms with E-state index in [1.807, 2.05) is 52.3 Å². The molecule has 3 rings (SSSR count). The summed E-state index contributed by atoms with van der Waals surface area (Å²) in [5, 5.41) is 3.08. The van der Waals surface area contributed by atoms with Gasteiger partial charge in [-0.1, -0.05) is 45.0 Å². The number of nitrogens with one attached hydrogen (secondary N) is 1. The molecule has 1 fully saturated rings. The van der Waals surface area contributed by atoms with E-state index in [2.05, 4.69) is 22.4 Å². The molecule has 0 saturated carbocycles. The Bertz CT molecular complexity index is 901. The maximum atomic E-state index is 13.0. The average Bonchev–Trinajstić information content (AvgIpc) is 3.35. The molecule has 6 nitrogen and oxygen atoms in total. The van der Waals surface area contributed by atoms with Gasteiger partial charge in [-0.3, -0.25) is 9.59 Å². The summed E-state index contributed by atoms with van der Waals surface area (Å²) < 4.78 is 0. The number of rotatable bonds is 5. The smallest absolute Gasteiger partial charge is 0.243 e. The second-order valence-corrected chi connectivity index (χ2v) is 10.0. The molecule has 0 aliphatic carbocycles. The monoisotopic (exact) mass is 428 g/mol. The van der Waals surface area contributed by atoms with Crippen LogP contribution in [0.15, 0.2) is 29.8 Å². The topological polar surface area (TPSA) is 88.3 Å². The Kier molecular flexibility index (Phi) is 6.62. The van der Waals surface area contributed by atoms with E-state index in [1.165, 1.54) is 0 Å². The van der Waals surface area contributed by atoms with Crippen LogP contribution in [0.1, 0.15) is 57.8 Å². The largest absolute Gasteiger partial charge is 0.348 e. The molecule has 0 spiro atoms. The number of carbonyl (C=O) groups excluding carboxylic acids is 2. The van der Waals surface area contributed by atoms with E-state index >= 15 is 0 Å². The van der Waals surface area contributed by atoms with Gasteiger partial charge in [-0.2, -0.15) is 0 Å². The number of aryl methyl sites for hydroxylation is 1. The second kappa shape index (κ2) is 8.86. The van der Waals surface area contributed by atoms with Crippen LogP contribution in [0, 0.1) is 12.3 Å². The number of nitrogens with zero attached hydrogens (tertiary/aromatic N) is 2. The summed E-state index contributed by atoms with van der Waals surface area (Å²) in [5.74, 6) is -0.256. The van der Waals surface area contributed by atoms with E-state index in [0.717, 1.165) is 28.1 Å². The van der Waals surface area contributed by atoms with Crippen molar-refractivity contribution < 1.29 is 9.59 Å². The summed E-state index contributed by atoms with van der Waals surface area (Å²) in [7, 11) is 0. The number of amides is 2. The van der Waals surface area contributed by atoms with Crippen LogP contribution in [0.2, 0.25) is 0 Å². The number of nitrogens with two attached hydrogens (primary N) is 1. The molecule has 3 atom stereocenters. The zero-order chi connectivity index (χ0) is 22.1. The van der Waals surface area contributed by atoms with Gasteiger partial charge in [-0.05, 0) is 43.2 Å². The summed E-state index contributed by atoms with van der Waals surface area (Å²) in [6.45, 7) is 10.4. The van der Waals surface area contributed by atoms with Crippen molar-refractivity contribution in [3.8, 4) is 10.4 Å². The van der Waals surface area contributed by atoms with E-state index in [0.29, 0.717) is 13.0 Å². The standard InChI is InChI=1S/C23H32N4O2S/c1-14(16-8-10-17(11-9-16)19-15(2)25-13-30-19)26-21(28)18-7-6-12-27(18)22(29)20(24)23(3,4)5/h8-11,13-14,18,20H,6-7,12,24H2,1-5H3,(H,26,28)/t14?,18?,20-/m1/s1. The predicted molar refractivity (Wildman–Crippen MR) is 121 cm³/mol. The van der Waals surface area contributed by atoms with Gasteiger partial charge in [-0.15, -0.1) is 11.3 Å². The fourth-order valence-corrected chi connectivity index (χ4v) is 4.56. The lowest BCUT2D eigenvalue weighted by atomic mass is 9.86. The quantitative estimate of drug-likeness (QED) is 0.761. The van der Waals surface area contributed by atoms with Crippen LogP contribution in [0.3, 0.4) is 0 Å². The van der Waals surface area contributed by atoms with Crippen molar-refractivity contribution in [2.75, 3.05) is 6.54 Å². The molecular weight excluding hydrogens is 396 g/mol. The van der Waals surface area contributed by atoms with Gasteiger partial charge in [0.15, 0.2) is 0 Å². The van der Waals surface area contributed by atoms with Gasteiger partial charge in [0.1, 0.15) is 6.04 Å². The van der Waals surface area contributed by atoms with Crippen LogP contribution >= 0.6 is 11.3 Å². The first-order valence-electron chi connectivity index (χ1n) is 10.5. The molecule has 1 aromatic carbocycles. The van der Waals surface area contributed by atoms with Crippen LogP contribution in [0.4, 0.5) is 0 Å². The van der Waals surface area contributed by atoms with Crippen molar-refractivity contribution in [3.63, 3.8) is 0 Å². The summed E-state index contributed by atoms with van der Waals surface area (Å²) in [4.78, 5) is 32.9. The molecule has 2 aromatic rings. The van der Waals surface area contributed by atoms with Gasteiger partial charge in [0.25, 0.3) is 0 Å². The molecule has 30 heavy (non-hydrogen) atoms. The second-order valence-electron chi connectivity index (χ2n) is 9.15. The molecule has 7 heteroatoms. The van der Waals surface area contributed by atoms with Gasteiger partial charge in [0.05, 0.1) is 28.2 Å². The van der Waals surface area contributed by atoms with Gasteiger partial charge >= 0.3 is 0 Å². The van der Waals surface area contributed by atoms with Crippen molar-refractivity contribution in [1.82, 2.24) is 15.2 Å². The van der Waals surface area contributed by atoms with Crippen LogP contribution < -0.4 is 11.1 Å². The molecule has 1 aliphatic rings. The minimum atomic E-state index is -0.619. The summed E-state index contributed by atoms with van der Waals surface area (Å²) in [6, 6.07) is 6.97. The highest BCUT2D eigenvalue weighted by atomic mass is 32.1. The van der Waals surface area contributed by atoms with Crippen LogP contribution in [-0.2, 0) is 9.59 Å². The fraction of sp³-hybridized carbons (Fsp3) is 0.522. The molecule has 0 bridgehead atoms. The minimum Gasteiger partial charge on any atom is -0.348 e. The highest BCUT2D eigenvalue weighted by Crippen LogP contribution is 2.29. The number of likely N-dealkylation sites (tertiary alicyclic amines) is 1. The van der Waals surface area contributed by atoms with Crippen molar-refractivity contribution in [1.29, 1.82) is 0 Å². The third kappa shape index (κ3) is 4.73. The Hall–Kier alpha value is -2.25. The van der Waals surface area contributed by atoms with Crippen LogP contribution in [-0.4, -0.2) is 40.3 Å². The van der Waals surface area contributed by atoms with Crippen molar-refractivity contribution in [2.45, 2.75) is 65.6 Å². The summed E-state index contributed by atoms with van der Waals surface area (Å²) in [6.07, 6.45) is 1.49. The molecule has 1 aliphatic heterocycles. The van der Waals surface area contributed by atoms with Gasteiger partial charge in [0, 0.05) is 6.54 Å². The van der Waals surface area contributed by atoms with Gasteiger partial charge in [0.2, 0.25) is 11.8 Å². The molecule has 3 N–H and O–H groups in total. The zero-order valence-electron chi connectivity index (χ0n) is 18.4. The normalized spacial score (nSPS) is 18.9. The number of carbonyl (C=O) groups is 2. The lowest BCUT2D eigenvalue weighted by molar-refractivity contribution is -0.141. The Morgan fingerprint density at radius 3 is 2.50 bits per heavy atom. The summed E-state index contributed by atoms with van der Waals surface area (Å²) in [5.41, 5.74) is 10.8. The highest BCUT2D eigenvalue weighted by molar-refractivity contribution is 7.13. The van der Waals surface area contributed by atoms with Crippen molar-refractivity contribution in [3.05, 3.63) is 41.0 Å². The molecular formula is C23H32N4O2S. The van der Waals surface area contributed by atoms with Gasteiger partial charge in [-0.25, -0.2) is 4.98 Å². The average molecular weight is 429 g/mol. The van der Waals surface area contributed by atoms with Crippen molar-refractivity contribution in [2.24, 2.45) is 11.1 Å². The van der Waals surface area contributed by atoms with Gasteiger partial charge < -0.3 is 16.0 Å². The number of hydrogen-bond acceptors (Lipinski definition) is 5. The maximum absolute atomic E-state index is 13.0. The third-order valence-corrected chi connectivity index (χ3v) is 6.79. The zero-order valence-corrected chi connectivity index (χ0v) is 19.3. The Morgan fingerprint density at radius 1 is 1.27 bits per heavy atom. The molecule has 162 valence electrons. The fourth-order valence-electron chi connectivity index (χ4n) is 3.75. The molecule has 0 radical (unpaired) electrons. The molecule has 1 aromatic heterocycles. The first-order valence-corrected chi connectivity index (χ1v) is 11.3. The van der Waals surface area contributed by atoms with E-state index in [4.69, 9.17) is 5.73 Å². The number of aromatic nitrogens is 1. The van der Waals surface area contributed by atoms with E-state index in [1.54, 1.807) is 16.2 Å². The lowest BCUT2D eigenvalue weighted by Crippen LogP contribution is -2.55. The Balaban J connectivity index is 1.66. The number of benzene rings is 1. The summed E-state index contributed by atoms with van der Waals surface area (Å²) >= 11 is 1.62. The molecule has 2 amide bonds. The molecule has 1 saturated heterocycles. The van der Waals surface area contributed by atoms with E-state index < -0.39 is 12.1 Å². The molecule has 2 unspecified atom stereocenters. The minimum absolute atomic E-state index is 0.114. The van der Waals surface area contributed by atoms with Crippen LogP contribution in [0.25, 0.3) is 10.4 Å². The number of hydrogen-bond donors (Lipinski definition) is 2.